The molecule has 1 saturated heterocycles. The molecule has 9 nitrogen and oxygen atoms in total. The monoisotopic (exact) mass is 500 g/mol. The lowest BCUT2D eigenvalue weighted by Gasteiger charge is -2.35. The molecule has 2 aromatic carbocycles. The van der Waals surface area contributed by atoms with E-state index in [4.69, 9.17) is 4.98 Å². The Kier molecular flexibility index (Phi) is 5.75. The average Bonchev–Trinajstić information content (AvgIpc) is 3.36. The van der Waals surface area contributed by atoms with Crippen molar-refractivity contribution in [3.63, 3.8) is 0 Å². The number of aliphatic imine (C=N–C) groups is 1. The van der Waals surface area contributed by atoms with E-state index in [1.807, 2.05) is 11.0 Å². The molecule has 190 valence electrons. The molecular weight excluding hydrogens is 471 g/mol. The zero-order valence-electron chi connectivity index (χ0n) is 21.2. The number of carbonyl (C=O) groups is 1. The number of aryl methyl sites for hydroxylation is 2. The van der Waals surface area contributed by atoms with Crippen LogP contribution in [0.4, 0.5) is 33.2 Å². The number of para-hydroxylation sites is 1. The van der Waals surface area contributed by atoms with Gasteiger partial charge in [0, 0.05) is 50.3 Å². The van der Waals surface area contributed by atoms with Crippen molar-refractivity contribution in [2.24, 2.45) is 4.99 Å². The summed E-state index contributed by atoms with van der Waals surface area (Å²) in [6, 6.07) is 11.0. The van der Waals surface area contributed by atoms with Gasteiger partial charge in [0.1, 0.15) is 11.4 Å². The van der Waals surface area contributed by atoms with Crippen LogP contribution in [0.1, 0.15) is 21.5 Å². The number of hydrogen-bond donors (Lipinski definition) is 1. The number of likely N-dealkylation sites (N-methyl/N-ethyl adjacent to an activating group) is 1. The minimum atomic E-state index is -0.471. The predicted octanol–water partition coefficient (Wildman–Crippen LogP) is 3.56. The molecular formula is C27H29FN8O. The van der Waals surface area contributed by atoms with Crippen LogP contribution in [0, 0.1) is 19.7 Å². The average molecular weight is 501 g/mol. The quantitative estimate of drug-likeness (QED) is 0.587. The summed E-state index contributed by atoms with van der Waals surface area (Å²) in [7, 11) is 2.15. The maximum Gasteiger partial charge on any atom is 0.270 e. The van der Waals surface area contributed by atoms with Crippen molar-refractivity contribution in [2.45, 2.75) is 13.8 Å². The lowest BCUT2D eigenvalue weighted by Crippen LogP contribution is -2.51. The summed E-state index contributed by atoms with van der Waals surface area (Å²) in [5.74, 6) is 0.400. The van der Waals surface area contributed by atoms with Crippen LogP contribution in [0.2, 0.25) is 0 Å². The molecule has 0 unspecified atom stereocenters. The number of benzene rings is 2. The van der Waals surface area contributed by atoms with Crippen LogP contribution >= 0.6 is 0 Å². The predicted molar refractivity (Wildman–Crippen MR) is 144 cm³/mol. The summed E-state index contributed by atoms with van der Waals surface area (Å²) in [5.41, 5.74) is 4.46. The fourth-order valence-electron chi connectivity index (χ4n) is 5.20. The van der Waals surface area contributed by atoms with E-state index in [9.17, 15) is 9.18 Å². The second kappa shape index (κ2) is 9.11. The van der Waals surface area contributed by atoms with E-state index >= 15 is 0 Å². The number of nitrogens with one attached hydrogen (secondary N) is 1. The zero-order chi connectivity index (χ0) is 25.7. The van der Waals surface area contributed by atoms with Gasteiger partial charge in [-0.3, -0.25) is 14.7 Å². The highest BCUT2D eigenvalue weighted by Crippen LogP contribution is 2.35. The molecule has 0 radical (unpaired) electrons. The highest BCUT2D eigenvalue weighted by Gasteiger charge is 2.41. The van der Waals surface area contributed by atoms with Crippen LogP contribution in [0.3, 0.4) is 0 Å². The normalized spacial score (nSPS) is 17.6. The summed E-state index contributed by atoms with van der Waals surface area (Å²) in [4.78, 5) is 35.1. The number of fused-ring (bicyclic) bond motifs is 3. The molecule has 3 aliphatic rings. The van der Waals surface area contributed by atoms with Crippen molar-refractivity contribution in [3.05, 3.63) is 65.1 Å². The van der Waals surface area contributed by atoms with E-state index in [0.717, 1.165) is 31.9 Å². The first-order chi connectivity index (χ1) is 17.9. The van der Waals surface area contributed by atoms with E-state index in [0.29, 0.717) is 41.9 Å². The highest BCUT2D eigenvalue weighted by molar-refractivity contribution is 6.31. The molecule has 3 aromatic rings. The molecule has 1 N–H and O–H groups in total. The molecule has 3 aliphatic heterocycles. The topological polar surface area (TPSA) is 80.2 Å². The Labute approximate surface area is 215 Å². The molecule has 0 aliphatic carbocycles. The fraction of sp³-hybridized carbons (Fsp3) is 0.333. The number of piperazine rings is 1. The van der Waals surface area contributed by atoms with Gasteiger partial charge < -0.3 is 15.1 Å². The van der Waals surface area contributed by atoms with Gasteiger partial charge in [0.05, 0.1) is 12.2 Å². The van der Waals surface area contributed by atoms with Crippen LogP contribution in [0.15, 0.2) is 47.6 Å². The largest absolute Gasteiger partial charge is 0.369 e. The van der Waals surface area contributed by atoms with Gasteiger partial charge in [0.25, 0.3) is 5.91 Å². The van der Waals surface area contributed by atoms with E-state index in [1.54, 1.807) is 19.1 Å². The van der Waals surface area contributed by atoms with Crippen molar-refractivity contribution in [1.29, 1.82) is 0 Å². The number of aromatic nitrogens is 2. The summed E-state index contributed by atoms with van der Waals surface area (Å²) < 4.78 is 14.8. The Morgan fingerprint density at radius 3 is 2.57 bits per heavy atom. The molecule has 10 heteroatoms. The van der Waals surface area contributed by atoms with Crippen LogP contribution in [-0.2, 0) is 0 Å². The third-order valence-corrected chi connectivity index (χ3v) is 7.19. The number of carbonyl (C=O) groups excluding carboxylic acids is 1. The second-order valence-electron chi connectivity index (χ2n) is 9.73. The third kappa shape index (κ3) is 4.07. The maximum atomic E-state index is 14.8. The van der Waals surface area contributed by atoms with Crippen LogP contribution in [0.5, 0.6) is 0 Å². The summed E-state index contributed by atoms with van der Waals surface area (Å²) in [6.07, 6.45) is 1.51. The number of rotatable bonds is 4. The van der Waals surface area contributed by atoms with Crippen molar-refractivity contribution in [1.82, 2.24) is 14.9 Å². The fourth-order valence-corrected chi connectivity index (χ4v) is 5.20. The van der Waals surface area contributed by atoms with Gasteiger partial charge in [-0.1, -0.05) is 12.1 Å². The summed E-state index contributed by atoms with van der Waals surface area (Å²) >= 11 is 0. The van der Waals surface area contributed by atoms with Gasteiger partial charge in [-0.25, -0.2) is 14.3 Å². The first-order valence-corrected chi connectivity index (χ1v) is 12.5. The Hall–Kier alpha value is -4.05. The van der Waals surface area contributed by atoms with E-state index in [-0.39, 0.29) is 11.6 Å². The Bertz CT molecular complexity index is 1400. The van der Waals surface area contributed by atoms with Crippen molar-refractivity contribution in [2.75, 3.05) is 66.3 Å². The van der Waals surface area contributed by atoms with Gasteiger partial charge in [0.15, 0.2) is 5.82 Å². The van der Waals surface area contributed by atoms with Gasteiger partial charge in [-0.2, -0.15) is 4.98 Å². The number of halogens is 1. The molecule has 1 aromatic heterocycles. The minimum absolute atomic E-state index is 0.210. The van der Waals surface area contributed by atoms with Gasteiger partial charge in [0.2, 0.25) is 11.9 Å². The van der Waals surface area contributed by atoms with E-state index in [2.05, 4.69) is 51.2 Å². The molecule has 0 saturated carbocycles. The van der Waals surface area contributed by atoms with Crippen molar-refractivity contribution >= 4 is 40.7 Å². The Balaban J connectivity index is 1.29. The molecule has 0 atom stereocenters. The molecule has 0 bridgehead atoms. The molecule has 37 heavy (non-hydrogen) atoms. The van der Waals surface area contributed by atoms with Gasteiger partial charge in [-0.15, -0.1) is 0 Å². The molecule has 1 amide bonds. The van der Waals surface area contributed by atoms with Crippen molar-refractivity contribution in [3.8, 4) is 0 Å². The minimum Gasteiger partial charge on any atom is -0.369 e. The van der Waals surface area contributed by atoms with Crippen molar-refractivity contribution < 1.29 is 9.18 Å². The molecule has 0 spiro atoms. The SMILES string of the molecule is Cc1cc(Nc2ncc3c(n2)N2CCN=C2N(c2c(C)cccc2F)C3=O)ccc1N1CCN(C)CC1. The first-order valence-electron chi connectivity index (χ1n) is 12.5. The lowest BCUT2D eigenvalue weighted by atomic mass is 10.1. The first kappa shape index (κ1) is 23.4. The number of anilines is 5. The van der Waals surface area contributed by atoms with Gasteiger partial charge >= 0.3 is 0 Å². The summed E-state index contributed by atoms with van der Waals surface area (Å²) in [6.45, 7) is 9.05. The standard InChI is InChI=1S/C27H29FN8O/c1-17-5-4-6-21(28)23(17)36-25(37)20-16-30-26(32-24(20)35-10-9-29-27(35)36)31-19-7-8-22(18(2)15-19)34-13-11-33(3)12-14-34/h4-8,15-16H,9-14H2,1-3H3,(H,30,31,32). The smallest absolute Gasteiger partial charge is 0.270 e. The number of guanidine groups is 1. The van der Waals surface area contributed by atoms with E-state index < -0.39 is 5.82 Å². The van der Waals surface area contributed by atoms with Crippen LogP contribution < -0.4 is 20.0 Å². The maximum absolute atomic E-state index is 14.8. The van der Waals surface area contributed by atoms with Gasteiger partial charge in [-0.05, 0) is 56.3 Å². The molecule has 4 heterocycles. The number of hydrogen-bond acceptors (Lipinski definition) is 8. The summed E-state index contributed by atoms with van der Waals surface area (Å²) in [5, 5.41) is 3.29. The Morgan fingerprint density at radius 1 is 1.00 bits per heavy atom. The van der Waals surface area contributed by atoms with E-state index in [1.165, 1.54) is 28.4 Å². The molecule has 1 fully saturated rings. The Morgan fingerprint density at radius 2 is 1.81 bits per heavy atom. The highest BCUT2D eigenvalue weighted by atomic mass is 19.1. The lowest BCUT2D eigenvalue weighted by molar-refractivity contribution is 0.0999. The van der Waals surface area contributed by atoms with Crippen LogP contribution in [0.25, 0.3) is 0 Å². The number of nitrogens with zero attached hydrogens (tertiary/aromatic N) is 7. The third-order valence-electron chi connectivity index (χ3n) is 7.19. The van der Waals surface area contributed by atoms with Crippen LogP contribution in [-0.4, -0.2) is 73.1 Å². The molecule has 6 rings (SSSR count). The second-order valence-corrected chi connectivity index (χ2v) is 9.73. The number of amides is 1. The zero-order valence-corrected chi connectivity index (χ0v) is 21.2.